The zero-order chi connectivity index (χ0) is 17.6. The summed E-state index contributed by atoms with van der Waals surface area (Å²) in [6.07, 6.45) is 0. The minimum absolute atomic E-state index is 0.0122. The van der Waals surface area contributed by atoms with Gasteiger partial charge in [0.25, 0.3) is 0 Å². The van der Waals surface area contributed by atoms with Crippen LogP contribution < -0.4 is 10.6 Å². The fourth-order valence-corrected chi connectivity index (χ4v) is 2.82. The van der Waals surface area contributed by atoms with Gasteiger partial charge in [-0.1, -0.05) is 42.5 Å². The molecule has 0 aliphatic heterocycles. The zero-order valence-electron chi connectivity index (χ0n) is 13.8. The molecule has 0 aliphatic carbocycles. The van der Waals surface area contributed by atoms with Gasteiger partial charge in [-0.15, -0.1) is 0 Å². The molecule has 0 radical (unpaired) electrons. The minimum Gasteiger partial charge on any atom is -0.394 e. The van der Waals surface area contributed by atoms with Crippen molar-refractivity contribution in [3.63, 3.8) is 0 Å². The highest BCUT2D eigenvalue weighted by atomic mass is 127. The summed E-state index contributed by atoms with van der Waals surface area (Å²) in [5, 5.41) is 15.8. The average Bonchev–Trinajstić information content (AvgIpc) is 2.64. The molecule has 0 spiro atoms. The summed E-state index contributed by atoms with van der Waals surface area (Å²) >= 11 is 2.29. The Morgan fingerprint density at radius 1 is 1.04 bits per heavy atom. The first-order valence-electron chi connectivity index (χ1n) is 7.99. The minimum atomic E-state index is -0.129. The van der Waals surface area contributed by atoms with Crippen molar-refractivity contribution < 1.29 is 5.11 Å². The van der Waals surface area contributed by atoms with Crippen LogP contribution in [0.1, 0.15) is 6.92 Å². The van der Waals surface area contributed by atoms with E-state index in [2.05, 4.69) is 43.2 Å². The molecule has 0 saturated heterocycles. The first kappa shape index (κ1) is 17.6. The van der Waals surface area contributed by atoms with Gasteiger partial charge in [0, 0.05) is 21.2 Å². The molecule has 1 aromatic heterocycles. The van der Waals surface area contributed by atoms with Gasteiger partial charge in [-0.3, -0.25) is 0 Å². The molecule has 0 fully saturated rings. The second kappa shape index (κ2) is 8.26. The third-order valence-corrected chi connectivity index (χ3v) is 4.52. The van der Waals surface area contributed by atoms with Crippen LogP contribution in [0.25, 0.3) is 11.3 Å². The molecule has 0 saturated carbocycles. The van der Waals surface area contributed by atoms with Crippen LogP contribution in [-0.4, -0.2) is 27.7 Å². The van der Waals surface area contributed by atoms with Crippen LogP contribution in [0.2, 0.25) is 0 Å². The molecule has 25 heavy (non-hydrogen) atoms. The van der Waals surface area contributed by atoms with Gasteiger partial charge >= 0.3 is 0 Å². The molecule has 6 heteroatoms. The van der Waals surface area contributed by atoms with Crippen LogP contribution in [0.4, 0.5) is 17.5 Å². The summed E-state index contributed by atoms with van der Waals surface area (Å²) in [7, 11) is 0. The topological polar surface area (TPSA) is 70.1 Å². The maximum Gasteiger partial charge on any atom is 0.225 e. The van der Waals surface area contributed by atoms with Crippen molar-refractivity contribution in [2.45, 2.75) is 13.0 Å². The van der Waals surface area contributed by atoms with Gasteiger partial charge in [0.2, 0.25) is 5.95 Å². The molecule has 1 heterocycles. The second-order valence-corrected chi connectivity index (χ2v) is 6.82. The smallest absolute Gasteiger partial charge is 0.225 e. The second-order valence-electron chi connectivity index (χ2n) is 5.66. The predicted octanol–water partition coefficient (Wildman–Crippen LogP) is 4.28. The van der Waals surface area contributed by atoms with E-state index in [4.69, 9.17) is 0 Å². The van der Waals surface area contributed by atoms with E-state index in [0.717, 1.165) is 20.5 Å². The number of aromatic nitrogens is 2. The molecule has 3 N–H and O–H groups in total. The highest BCUT2D eigenvalue weighted by molar-refractivity contribution is 14.1. The lowest BCUT2D eigenvalue weighted by Gasteiger charge is -2.14. The van der Waals surface area contributed by atoms with Gasteiger partial charge in [-0.25, -0.2) is 4.98 Å². The number of rotatable bonds is 6. The van der Waals surface area contributed by atoms with E-state index < -0.39 is 0 Å². The fourth-order valence-electron chi connectivity index (χ4n) is 2.30. The van der Waals surface area contributed by atoms with E-state index in [0.29, 0.717) is 11.8 Å². The summed E-state index contributed by atoms with van der Waals surface area (Å²) in [6, 6.07) is 19.8. The normalized spacial score (nSPS) is 11.8. The summed E-state index contributed by atoms with van der Waals surface area (Å²) in [5.41, 5.74) is 2.81. The number of hydrogen-bond acceptors (Lipinski definition) is 5. The lowest BCUT2D eigenvalue weighted by molar-refractivity contribution is 0.281. The molecule has 0 unspecified atom stereocenters. The van der Waals surface area contributed by atoms with Gasteiger partial charge in [0.15, 0.2) is 0 Å². The number of nitrogens with zero attached hydrogens (tertiary/aromatic N) is 2. The highest BCUT2D eigenvalue weighted by Gasteiger charge is 2.10. The Labute approximate surface area is 160 Å². The molecular weight excluding hydrogens is 427 g/mol. The van der Waals surface area contributed by atoms with Crippen molar-refractivity contribution in [1.29, 1.82) is 0 Å². The maximum absolute atomic E-state index is 9.29. The SMILES string of the molecule is C[C@@H](CO)Nc1nc(Nc2ccccc2I)cc(-c2ccccc2)n1. The number of para-hydroxylation sites is 1. The lowest BCUT2D eigenvalue weighted by atomic mass is 10.1. The summed E-state index contributed by atoms with van der Waals surface area (Å²) < 4.78 is 1.11. The Kier molecular flexibility index (Phi) is 5.83. The third kappa shape index (κ3) is 4.67. The maximum atomic E-state index is 9.29. The molecule has 0 amide bonds. The predicted molar refractivity (Wildman–Crippen MR) is 110 cm³/mol. The summed E-state index contributed by atoms with van der Waals surface area (Å²) in [5.74, 6) is 1.18. The molecular formula is C19H19IN4O. The van der Waals surface area contributed by atoms with E-state index in [9.17, 15) is 5.11 Å². The Hall–Kier alpha value is -2.19. The number of hydrogen-bond donors (Lipinski definition) is 3. The lowest BCUT2D eigenvalue weighted by Crippen LogP contribution is -2.21. The molecule has 2 aromatic carbocycles. The van der Waals surface area contributed by atoms with Gasteiger partial charge in [-0.2, -0.15) is 4.98 Å². The van der Waals surface area contributed by atoms with Crippen LogP contribution in [0.3, 0.4) is 0 Å². The number of nitrogens with one attached hydrogen (secondary N) is 2. The van der Waals surface area contributed by atoms with Gasteiger partial charge < -0.3 is 15.7 Å². The van der Waals surface area contributed by atoms with E-state index in [-0.39, 0.29) is 12.6 Å². The molecule has 3 rings (SSSR count). The number of halogens is 1. The largest absolute Gasteiger partial charge is 0.394 e. The molecule has 128 valence electrons. The monoisotopic (exact) mass is 446 g/mol. The van der Waals surface area contributed by atoms with Crippen molar-refractivity contribution >= 4 is 40.0 Å². The van der Waals surface area contributed by atoms with Crippen LogP contribution in [-0.2, 0) is 0 Å². The molecule has 0 bridgehead atoms. The fraction of sp³-hybridized carbons (Fsp3) is 0.158. The summed E-state index contributed by atoms with van der Waals surface area (Å²) in [6.45, 7) is 1.89. The van der Waals surface area contributed by atoms with E-state index in [1.165, 1.54) is 0 Å². The molecule has 5 nitrogen and oxygen atoms in total. The zero-order valence-corrected chi connectivity index (χ0v) is 15.9. The van der Waals surface area contributed by atoms with Crippen LogP contribution in [0.15, 0.2) is 60.7 Å². The Balaban J connectivity index is 1.99. The Morgan fingerprint density at radius 2 is 1.76 bits per heavy atom. The highest BCUT2D eigenvalue weighted by Crippen LogP contribution is 2.25. The quantitative estimate of drug-likeness (QED) is 0.493. The third-order valence-electron chi connectivity index (χ3n) is 3.58. The number of aliphatic hydroxyl groups excluding tert-OH is 1. The van der Waals surface area contributed by atoms with Crippen LogP contribution >= 0.6 is 22.6 Å². The molecule has 3 aromatic rings. The number of anilines is 3. The Bertz CT molecular complexity index is 842. The van der Waals surface area contributed by atoms with Crippen LogP contribution in [0, 0.1) is 3.57 Å². The van der Waals surface area contributed by atoms with Crippen molar-refractivity contribution in [1.82, 2.24) is 9.97 Å². The first-order valence-corrected chi connectivity index (χ1v) is 9.07. The Morgan fingerprint density at radius 3 is 2.48 bits per heavy atom. The van der Waals surface area contributed by atoms with Gasteiger partial charge in [0.1, 0.15) is 5.82 Å². The standard InChI is InChI=1S/C19H19IN4O/c1-13(12-25)21-19-23-17(14-7-3-2-4-8-14)11-18(24-19)22-16-10-6-5-9-15(16)20/h2-11,13,25H,12H2,1H3,(H2,21,22,23,24)/t13-/m0/s1. The molecule has 1 atom stereocenters. The first-order chi connectivity index (χ1) is 12.2. The van der Waals surface area contributed by atoms with E-state index in [1.54, 1.807) is 0 Å². The van der Waals surface area contributed by atoms with E-state index >= 15 is 0 Å². The van der Waals surface area contributed by atoms with Crippen molar-refractivity contribution in [2.24, 2.45) is 0 Å². The van der Waals surface area contributed by atoms with Crippen molar-refractivity contribution in [2.75, 3.05) is 17.2 Å². The van der Waals surface area contributed by atoms with Gasteiger partial charge in [-0.05, 0) is 41.6 Å². The van der Waals surface area contributed by atoms with Crippen molar-refractivity contribution in [3.05, 3.63) is 64.2 Å². The number of aliphatic hydroxyl groups is 1. The molecule has 0 aliphatic rings. The summed E-state index contributed by atoms with van der Waals surface area (Å²) in [4.78, 5) is 9.12. The van der Waals surface area contributed by atoms with Crippen LogP contribution in [0.5, 0.6) is 0 Å². The average molecular weight is 446 g/mol. The number of benzene rings is 2. The van der Waals surface area contributed by atoms with E-state index in [1.807, 2.05) is 67.6 Å². The van der Waals surface area contributed by atoms with Gasteiger partial charge in [0.05, 0.1) is 18.0 Å². The van der Waals surface area contributed by atoms with Crippen molar-refractivity contribution in [3.8, 4) is 11.3 Å².